The van der Waals surface area contributed by atoms with Crippen LogP contribution in [0.1, 0.15) is 23.1 Å². The van der Waals surface area contributed by atoms with E-state index in [1.54, 1.807) is 19.2 Å². The van der Waals surface area contributed by atoms with Crippen molar-refractivity contribution in [1.82, 2.24) is 9.80 Å². The highest BCUT2D eigenvalue weighted by molar-refractivity contribution is 5.93. The van der Waals surface area contributed by atoms with Crippen LogP contribution in [-0.4, -0.2) is 67.2 Å². The summed E-state index contributed by atoms with van der Waals surface area (Å²) >= 11 is 0. The molecule has 1 fully saturated rings. The molecule has 0 saturated carbocycles. The molecule has 0 atom stereocenters. The smallest absolute Gasteiger partial charge is 0.238 e. The summed E-state index contributed by atoms with van der Waals surface area (Å²) in [7, 11) is 1.63. The number of nitrogens with one attached hydrogen (secondary N) is 1. The van der Waals surface area contributed by atoms with Gasteiger partial charge in [0.15, 0.2) is 0 Å². The van der Waals surface area contributed by atoms with Crippen molar-refractivity contribution in [3.63, 3.8) is 0 Å². The Labute approximate surface area is 179 Å². The number of ether oxygens (including phenoxy) is 1. The third-order valence-corrected chi connectivity index (χ3v) is 5.77. The molecule has 162 valence electrons. The molecule has 0 aliphatic carbocycles. The summed E-state index contributed by atoms with van der Waals surface area (Å²) in [6, 6.07) is 11.4. The molecule has 0 radical (unpaired) electrons. The second kappa shape index (κ2) is 10.5. The Bertz CT molecular complexity index is 841. The standard InChI is InChI=1S/C24H33N3O3/c1-18-6-4-7-19(2)24(18)25-23(29)17-27-14-12-26(13-15-27)11-5-8-20-9-10-21(28)16-22(20)30-3/h4,6-7,9-10,16,28H,5,8,11-15,17H2,1-3H3,(H,25,29). The summed E-state index contributed by atoms with van der Waals surface area (Å²) in [6.07, 6.45) is 1.95. The molecule has 2 aromatic rings. The van der Waals surface area contributed by atoms with Gasteiger partial charge in [-0.1, -0.05) is 24.3 Å². The lowest BCUT2D eigenvalue weighted by atomic mass is 10.1. The second-order valence-electron chi connectivity index (χ2n) is 8.03. The van der Waals surface area contributed by atoms with Crippen molar-refractivity contribution in [2.24, 2.45) is 0 Å². The third-order valence-electron chi connectivity index (χ3n) is 5.77. The Morgan fingerprint density at radius 3 is 2.40 bits per heavy atom. The van der Waals surface area contributed by atoms with Crippen molar-refractivity contribution in [2.45, 2.75) is 26.7 Å². The molecular weight excluding hydrogens is 378 g/mol. The number of rotatable bonds is 8. The number of benzene rings is 2. The van der Waals surface area contributed by atoms with E-state index in [9.17, 15) is 9.90 Å². The predicted octanol–water partition coefficient (Wildman–Crippen LogP) is 3.21. The summed E-state index contributed by atoms with van der Waals surface area (Å²) < 4.78 is 5.36. The third kappa shape index (κ3) is 5.97. The highest BCUT2D eigenvalue weighted by atomic mass is 16.5. The first-order valence-electron chi connectivity index (χ1n) is 10.6. The number of phenols is 1. The monoisotopic (exact) mass is 411 g/mol. The van der Waals surface area contributed by atoms with Crippen LogP contribution in [0.2, 0.25) is 0 Å². The zero-order valence-electron chi connectivity index (χ0n) is 18.3. The van der Waals surface area contributed by atoms with Crippen LogP contribution >= 0.6 is 0 Å². The van der Waals surface area contributed by atoms with Gasteiger partial charge >= 0.3 is 0 Å². The lowest BCUT2D eigenvalue weighted by molar-refractivity contribution is -0.117. The number of nitrogens with zero attached hydrogens (tertiary/aromatic N) is 2. The summed E-state index contributed by atoms with van der Waals surface area (Å²) in [5.74, 6) is 1.03. The number of methoxy groups -OCH3 is 1. The first-order valence-corrected chi connectivity index (χ1v) is 10.6. The summed E-state index contributed by atoms with van der Waals surface area (Å²) in [5.41, 5.74) is 4.25. The van der Waals surface area contributed by atoms with E-state index in [1.807, 2.05) is 38.1 Å². The van der Waals surface area contributed by atoms with Gasteiger partial charge in [0.2, 0.25) is 5.91 Å². The van der Waals surface area contributed by atoms with Crippen molar-refractivity contribution < 1.29 is 14.6 Å². The molecule has 3 rings (SSSR count). The minimum atomic E-state index is 0.0558. The molecule has 1 heterocycles. The number of aromatic hydroxyl groups is 1. The molecule has 1 amide bonds. The fourth-order valence-electron chi connectivity index (χ4n) is 4.00. The molecule has 6 nitrogen and oxygen atoms in total. The zero-order chi connectivity index (χ0) is 21.5. The van der Waals surface area contributed by atoms with Gasteiger partial charge in [0.25, 0.3) is 0 Å². The quantitative estimate of drug-likeness (QED) is 0.698. The highest BCUT2D eigenvalue weighted by Crippen LogP contribution is 2.25. The fourth-order valence-corrected chi connectivity index (χ4v) is 4.00. The molecule has 0 spiro atoms. The van der Waals surface area contributed by atoms with Crippen molar-refractivity contribution in [3.05, 3.63) is 53.1 Å². The van der Waals surface area contributed by atoms with Gasteiger partial charge in [0.1, 0.15) is 11.5 Å². The van der Waals surface area contributed by atoms with Crippen LogP contribution in [0.25, 0.3) is 0 Å². The summed E-state index contributed by atoms with van der Waals surface area (Å²) in [6.45, 7) is 9.27. The van der Waals surface area contributed by atoms with E-state index >= 15 is 0 Å². The number of para-hydroxylation sites is 1. The molecule has 2 aromatic carbocycles. The molecule has 1 aliphatic heterocycles. The maximum absolute atomic E-state index is 12.5. The van der Waals surface area contributed by atoms with E-state index < -0.39 is 0 Å². The lowest BCUT2D eigenvalue weighted by Crippen LogP contribution is -2.48. The molecule has 0 unspecified atom stereocenters. The largest absolute Gasteiger partial charge is 0.508 e. The summed E-state index contributed by atoms with van der Waals surface area (Å²) in [4.78, 5) is 17.2. The van der Waals surface area contributed by atoms with Crippen LogP contribution in [0.3, 0.4) is 0 Å². The van der Waals surface area contributed by atoms with Crippen LogP contribution in [0.5, 0.6) is 11.5 Å². The van der Waals surface area contributed by atoms with E-state index in [-0.39, 0.29) is 11.7 Å². The Kier molecular flexibility index (Phi) is 7.71. The summed E-state index contributed by atoms with van der Waals surface area (Å²) in [5, 5.41) is 12.7. The topological polar surface area (TPSA) is 65.0 Å². The number of piperazine rings is 1. The van der Waals surface area contributed by atoms with Crippen molar-refractivity contribution >= 4 is 11.6 Å². The Balaban J connectivity index is 1.39. The fraction of sp³-hybridized carbons (Fsp3) is 0.458. The number of phenolic OH excluding ortho intramolecular Hbond substituents is 1. The number of hydrogen-bond acceptors (Lipinski definition) is 5. The minimum absolute atomic E-state index is 0.0558. The molecule has 30 heavy (non-hydrogen) atoms. The number of carbonyl (C=O) groups is 1. The van der Waals surface area contributed by atoms with Crippen LogP contribution in [-0.2, 0) is 11.2 Å². The molecule has 6 heteroatoms. The molecule has 2 N–H and O–H groups in total. The number of carbonyl (C=O) groups excluding carboxylic acids is 1. The maximum atomic E-state index is 12.5. The van der Waals surface area contributed by atoms with Gasteiger partial charge in [-0.15, -0.1) is 0 Å². The Hall–Kier alpha value is -2.57. The van der Waals surface area contributed by atoms with Crippen LogP contribution in [0, 0.1) is 13.8 Å². The average molecular weight is 412 g/mol. The van der Waals surface area contributed by atoms with Crippen molar-refractivity contribution in [2.75, 3.05) is 51.7 Å². The van der Waals surface area contributed by atoms with Gasteiger partial charge in [-0.25, -0.2) is 0 Å². The van der Waals surface area contributed by atoms with Gasteiger partial charge in [-0.3, -0.25) is 9.69 Å². The van der Waals surface area contributed by atoms with E-state index in [2.05, 4.69) is 15.1 Å². The number of amides is 1. The molecule has 0 bridgehead atoms. The SMILES string of the molecule is COc1cc(O)ccc1CCCN1CCN(CC(=O)Nc2c(C)cccc2C)CC1. The molecule has 1 saturated heterocycles. The number of anilines is 1. The van der Waals surface area contributed by atoms with Gasteiger partial charge in [-0.2, -0.15) is 0 Å². The number of hydrogen-bond donors (Lipinski definition) is 2. The first kappa shape index (κ1) is 22.1. The minimum Gasteiger partial charge on any atom is -0.508 e. The molecule has 0 aromatic heterocycles. The van der Waals surface area contributed by atoms with Crippen LogP contribution < -0.4 is 10.1 Å². The lowest BCUT2D eigenvalue weighted by Gasteiger charge is -2.34. The Morgan fingerprint density at radius 2 is 1.73 bits per heavy atom. The van der Waals surface area contributed by atoms with Gasteiger partial charge in [0.05, 0.1) is 13.7 Å². The normalized spacial score (nSPS) is 15.2. The molecule has 1 aliphatic rings. The van der Waals surface area contributed by atoms with E-state index in [1.165, 1.54) is 0 Å². The zero-order valence-corrected chi connectivity index (χ0v) is 18.3. The van der Waals surface area contributed by atoms with Gasteiger partial charge in [-0.05, 0) is 56.0 Å². The van der Waals surface area contributed by atoms with E-state index in [4.69, 9.17) is 4.74 Å². The average Bonchev–Trinajstić information content (AvgIpc) is 2.73. The number of aryl methyl sites for hydroxylation is 3. The maximum Gasteiger partial charge on any atom is 0.238 e. The first-order chi connectivity index (χ1) is 14.5. The van der Waals surface area contributed by atoms with Crippen LogP contribution in [0.15, 0.2) is 36.4 Å². The Morgan fingerprint density at radius 1 is 1.07 bits per heavy atom. The van der Waals surface area contributed by atoms with E-state index in [0.29, 0.717) is 6.54 Å². The second-order valence-corrected chi connectivity index (χ2v) is 8.03. The highest BCUT2D eigenvalue weighted by Gasteiger charge is 2.19. The van der Waals surface area contributed by atoms with E-state index in [0.717, 1.165) is 73.7 Å². The predicted molar refractivity (Wildman–Crippen MR) is 120 cm³/mol. The van der Waals surface area contributed by atoms with Crippen molar-refractivity contribution in [3.8, 4) is 11.5 Å². The van der Waals surface area contributed by atoms with Crippen molar-refractivity contribution in [1.29, 1.82) is 0 Å². The van der Waals surface area contributed by atoms with Crippen LogP contribution in [0.4, 0.5) is 5.69 Å². The molecular formula is C24H33N3O3. The van der Waals surface area contributed by atoms with Gasteiger partial charge < -0.3 is 20.1 Å². The van der Waals surface area contributed by atoms with Gasteiger partial charge in [0, 0.05) is 37.9 Å².